The zero-order valence-corrected chi connectivity index (χ0v) is 12.2. The van der Waals surface area contributed by atoms with E-state index < -0.39 is 5.82 Å². The maximum Gasteiger partial charge on any atom is 0.176 e. The molecule has 0 aromatic heterocycles. The molecule has 1 saturated carbocycles. The number of ketones is 1. The third-order valence-corrected chi connectivity index (χ3v) is 3.93. The molecule has 0 bridgehead atoms. The Bertz CT molecular complexity index is 470. The van der Waals surface area contributed by atoms with Crippen LogP contribution in [0.1, 0.15) is 36.0 Å². The van der Waals surface area contributed by atoms with E-state index in [1.807, 2.05) is 11.9 Å². The van der Waals surface area contributed by atoms with E-state index in [-0.39, 0.29) is 11.5 Å². The first-order valence-electron chi connectivity index (χ1n) is 7.15. The summed E-state index contributed by atoms with van der Waals surface area (Å²) in [6.45, 7) is 1.28. The maximum absolute atomic E-state index is 13.6. The number of hydrogen-bond acceptors (Lipinski definition) is 3. The minimum absolute atomic E-state index is 0.0490. The van der Waals surface area contributed by atoms with Crippen molar-refractivity contribution in [2.24, 2.45) is 5.92 Å². The third kappa shape index (κ3) is 3.79. The second-order valence-corrected chi connectivity index (χ2v) is 5.62. The molecule has 1 aromatic rings. The molecule has 0 heterocycles. The average Bonchev–Trinajstić information content (AvgIpc) is 2.91. The predicted octanol–water partition coefficient (Wildman–Crippen LogP) is 3.14. The first-order chi connectivity index (χ1) is 9.60. The molecule has 20 heavy (non-hydrogen) atoms. The minimum atomic E-state index is -0.489. The van der Waals surface area contributed by atoms with E-state index in [9.17, 15) is 9.18 Å². The number of halogens is 1. The van der Waals surface area contributed by atoms with Crippen LogP contribution in [0.15, 0.2) is 18.2 Å². The molecule has 1 aromatic carbocycles. The molecule has 4 heteroatoms. The molecule has 0 aliphatic heterocycles. The van der Waals surface area contributed by atoms with Crippen LogP contribution in [0.3, 0.4) is 0 Å². The molecular formula is C16H22FNO2. The van der Waals surface area contributed by atoms with E-state index >= 15 is 0 Å². The summed E-state index contributed by atoms with van der Waals surface area (Å²) in [7, 11) is 3.37. The highest BCUT2D eigenvalue weighted by atomic mass is 19.1. The van der Waals surface area contributed by atoms with Crippen LogP contribution < -0.4 is 4.74 Å². The molecule has 110 valence electrons. The molecule has 0 saturated heterocycles. The van der Waals surface area contributed by atoms with Crippen LogP contribution in [0.5, 0.6) is 5.75 Å². The zero-order chi connectivity index (χ0) is 14.5. The highest BCUT2D eigenvalue weighted by Crippen LogP contribution is 2.25. The van der Waals surface area contributed by atoms with Crippen LogP contribution in [0, 0.1) is 11.7 Å². The second kappa shape index (κ2) is 6.84. The summed E-state index contributed by atoms with van der Waals surface area (Å²) in [6, 6.07) is 4.37. The fourth-order valence-electron chi connectivity index (χ4n) is 2.87. The molecule has 1 aliphatic carbocycles. The standard InChI is InChI=1S/C16H22FNO2/c1-18(10-12-5-3-4-6-12)11-15(19)13-7-8-16(20-2)14(17)9-13/h7-9,12H,3-6,10-11H2,1-2H3. The number of hydrogen-bond donors (Lipinski definition) is 0. The largest absolute Gasteiger partial charge is 0.494 e. The Kier molecular flexibility index (Phi) is 5.12. The summed E-state index contributed by atoms with van der Waals surface area (Å²) >= 11 is 0. The van der Waals surface area contributed by atoms with Crippen LogP contribution in [-0.4, -0.2) is 37.9 Å². The van der Waals surface area contributed by atoms with Gasteiger partial charge in [0.1, 0.15) is 0 Å². The minimum Gasteiger partial charge on any atom is -0.494 e. The summed E-state index contributed by atoms with van der Waals surface area (Å²) in [6.07, 6.45) is 5.12. The number of likely N-dealkylation sites (N-methyl/N-ethyl adjacent to an activating group) is 1. The van der Waals surface area contributed by atoms with Crippen molar-refractivity contribution >= 4 is 5.78 Å². The monoisotopic (exact) mass is 279 g/mol. The molecule has 0 unspecified atom stereocenters. The Labute approximate surface area is 119 Å². The zero-order valence-electron chi connectivity index (χ0n) is 12.2. The first-order valence-corrected chi connectivity index (χ1v) is 7.15. The van der Waals surface area contributed by atoms with Gasteiger partial charge in [0, 0.05) is 12.1 Å². The number of benzene rings is 1. The van der Waals surface area contributed by atoms with Crippen molar-refractivity contribution in [2.75, 3.05) is 27.2 Å². The normalized spacial score (nSPS) is 15.8. The molecule has 0 amide bonds. The van der Waals surface area contributed by atoms with Gasteiger partial charge in [-0.15, -0.1) is 0 Å². The van der Waals surface area contributed by atoms with E-state index in [2.05, 4.69) is 0 Å². The summed E-state index contributed by atoms with van der Waals surface area (Å²) in [4.78, 5) is 14.2. The van der Waals surface area contributed by atoms with Gasteiger partial charge in [0.05, 0.1) is 13.7 Å². The highest BCUT2D eigenvalue weighted by Gasteiger charge is 2.18. The van der Waals surface area contributed by atoms with Gasteiger partial charge in [-0.05, 0) is 44.0 Å². The second-order valence-electron chi connectivity index (χ2n) is 5.62. The number of carbonyl (C=O) groups excluding carboxylic acids is 1. The van der Waals surface area contributed by atoms with E-state index in [1.54, 1.807) is 6.07 Å². The lowest BCUT2D eigenvalue weighted by atomic mass is 10.1. The SMILES string of the molecule is COc1ccc(C(=O)CN(C)CC2CCCC2)cc1F. The Hall–Kier alpha value is -1.42. The topological polar surface area (TPSA) is 29.5 Å². The number of nitrogens with zero attached hydrogens (tertiary/aromatic N) is 1. The van der Waals surface area contributed by atoms with Crippen LogP contribution in [0.4, 0.5) is 4.39 Å². The smallest absolute Gasteiger partial charge is 0.176 e. The van der Waals surface area contributed by atoms with Gasteiger partial charge in [-0.25, -0.2) is 4.39 Å². The van der Waals surface area contributed by atoms with Crippen LogP contribution in [-0.2, 0) is 0 Å². The van der Waals surface area contributed by atoms with Gasteiger partial charge in [0.2, 0.25) is 0 Å². The summed E-state index contributed by atoms with van der Waals surface area (Å²) < 4.78 is 18.4. The van der Waals surface area contributed by atoms with Crippen molar-refractivity contribution < 1.29 is 13.9 Å². The molecule has 3 nitrogen and oxygen atoms in total. The Morgan fingerprint density at radius 2 is 2.10 bits per heavy atom. The molecule has 0 N–H and O–H groups in total. The molecule has 1 fully saturated rings. The number of ether oxygens (including phenoxy) is 1. The fraction of sp³-hybridized carbons (Fsp3) is 0.562. The fourth-order valence-corrected chi connectivity index (χ4v) is 2.87. The van der Waals surface area contributed by atoms with Crippen molar-refractivity contribution in [1.82, 2.24) is 4.90 Å². The molecule has 0 atom stereocenters. The molecular weight excluding hydrogens is 257 g/mol. The van der Waals surface area contributed by atoms with Gasteiger partial charge < -0.3 is 4.74 Å². The molecule has 0 spiro atoms. The summed E-state index contributed by atoms with van der Waals surface area (Å²) in [5, 5.41) is 0. The summed E-state index contributed by atoms with van der Waals surface area (Å²) in [5.74, 6) is 0.338. The van der Waals surface area contributed by atoms with E-state index in [4.69, 9.17) is 4.74 Å². The Morgan fingerprint density at radius 3 is 2.70 bits per heavy atom. The molecule has 2 rings (SSSR count). The maximum atomic E-state index is 13.6. The molecule has 0 radical (unpaired) electrons. The third-order valence-electron chi connectivity index (χ3n) is 3.93. The van der Waals surface area contributed by atoms with E-state index in [0.29, 0.717) is 18.0 Å². The first kappa shape index (κ1) is 15.0. The Balaban J connectivity index is 1.91. The number of methoxy groups -OCH3 is 1. The van der Waals surface area contributed by atoms with Crippen molar-refractivity contribution in [3.05, 3.63) is 29.6 Å². The van der Waals surface area contributed by atoms with E-state index in [0.717, 1.165) is 6.54 Å². The van der Waals surface area contributed by atoms with Gasteiger partial charge in [-0.2, -0.15) is 0 Å². The van der Waals surface area contributed by atoms with Crippen molar-refractivity contribution in [3.8, 4) is 5.75 Å². The lowest BCUT2D eigenvalue weighted by Crippen LogP contribution is -2.30. The quantitative estimate of drug-likeness (QED) is 0.749. The number of Topliss-reactive ketones (excluding diaryl/α,β-unsaturated/α-hetero) is 1. The van der Waals surface area contributed by atoms with Gasteiger partial charge in [-0.1, -0.05) is 12.8 Å². The van der Waals surface area contributed by atoms with Crippen LogP contribution in [0.25, 0.3) is 0 Å². The lowest BCUT2D eigenvalue weighted by Gasteiger charge is -2.20. The van der Waals surface area contributed by atoms with Gasteiger partial charge in [-0.3, -0.25) is 9.69 Å². The van der Waals surface area contributed by atoms with Gasteiger partial charge in [0.25, 0.3) is 0 Å². The number of rotatable bonds is 6. The average molecular weight is 279 g/mol. The molecule has 1 aliphatic rings. The summed E-state index contributed by atoms with van der Waals surface area (Å²) in [5.41, 5.74) is 0.404. The van der Waals surface area contributed by atoms with Gasteiger partial charge >= 0.3 is 0 Å². The predicted molar refractivity (Wildman–Crippen MR) is 76.7 cm³/mol. The number of carbonyl (C=O) groups is 1. The Morgan fingerprint density at radius 1 is 1.40 bits per heavy atom. The van der Waals surface area contributed by atoms with Crippen molar-refractivity contribution in [1.29, 1.82) is 0 Å². The van der Waals surface area contributed by atoms with Gasteiger partial charge in [0.15, 0.2) is 17.3 Å². The van der Waals surface area contributed by atoms with Crippen LogP contribution >= 0.6 is 0 Å². The lowest BCUT2D eigenvalue weighted by molar-refractivity contribution is 0.0937. The van der Waals surface area contributed by atoms with Crippen molar-refractivity contribution in [3.63, 3.8) is 0 Å². The highest BCUT2D eigenvalue weighted by molar-refractivity contribution is 5.97. The van der Waals surface area contributed by atoms with Crippen molar-refractivity contribution in [2.45, 2.75) is 25.7 Å². The van der Waals surface area contributed by atoms with E-state index in [1.165, 1.54) is 44.9 Å². The van der Waals surface area contributed by atoms with Crippen LogP contribution in [0.2, 0.25) is 0 Å².